The van der Waals surface area contributed by atoms with E-state index in [0.717, 1.165) is 7.11 Å². The van der Waals surface area contributed by atoms with E-state index in [9.17, 15) is 26.7 Å². The molecule has 2 aromatic rings. The maximum absolute atomic E-state index is 13.3. The van der Waals surface area contributed by atoms with Gasteiger partial charge in [-0.1, -0.05) is 0 Å². The van der Waals surface area contributed by atoms with Gasteiger partial charge in [0.15, 0.2) is 5.60 Å². The van der Waals surface area contributed by atoms with Gasteiger partial charge in [0.1, 0.15) is 10.7 Å². The Morgan fingerprint density at radius 2 is 2.03 bits per heavy atom. The molecule has 33 heavy (non-hydrogen) atoms. The van der Waals surface area contributed by atoms with Crippen LogP contribution in [0.4, 0.5) is 19.0 Å². The number of hydrogen-bond donors (Lipinski definition) is 2. The number of methoxy groups -OCH3 is 1. The highest BCUT2D eigenvalue weighted by Gasteiger charge is 2.63. The zero-order chi connectivity index (χ0) is 24.0. The summed E-state index contributed by atoms with van der Waals surface area (Å²) in [6.07, 6.45) is -3.15. The number of nitrogens with one attached hydrogen (secondary N) is 1. The van der Waals surface area contributed by atoms with Crippen LogP contribution in [0.2, 0.25) is 0 Å². The number of aliphatic hydroxyl groups excluding tert-OH is 1. The number of pyridine rings is 1. The van der Waals surface area contributed by atoms with Crippen LogP contribution in [-0.2, 0) is 34.5 Å². The maximum atomic E-state index is 13.3. The second kappa shape index (κ2) is 8.53. The van der Waals surface area contributed by atoms with Gasteiger partial charge in [0, 0.05) is 45.3 Å². The van der Waals surface area contributed by atoms with Gasteiger partial charge in [-0.2, -0.15) is 22.6 Å². The Balaban J connectivity index is 1.48. The number of ether oxygens (including phenoxy) is 1. The summed E-state index contributed by atoms with van der Waals surface area (Å²) in [6.45, 7) is 2.37. The molecule has 4 rings (SSSR count). The van der Waals surface area contributed by atoms with E-state index in [1.165, 1.54) is 16.6 Å². The first-order valence-electron chi connectivity index (χ1n) is 10.5. The molecule has 0 saturated heterocycles. The normalized spacial score (nSPS) is 24.1. The van der Waals surface area contributed by atoms with Crippen LogP contribution in [0.1, 0.15) is 36.2 Å². The molecule has 0 radical (unpaired) electrons. The van der Waals surface area contributed by atoms with E-state index in [0.29, 0.717) is 42.3 Å². The molecule has 0 amide bonds. The molecule has 9 nitrogen and oxygen atoms in total. The number of hydrogen-bond acceptors (Lipinski definition) is 7. The monoisotopic (exact) mass is 489 g/mol. The first kappa shape index (κ1) is 23.9. The van der Waals surface area contributed by atoms with Crippen LogP contribution in [-0.4, -0.2) is 64.1 Å². The minimum atomic E-state index is -4.46. The molecule has 2 N–H and O–H groups in total. The van der Waals surface area contributed by atoms with Crippen LogP contribution >= 0.6 is 0 Å². The van der Waals surface area contributed by atoms with Crippen LogP contribution in [0.25, 0.3) is 0 Å². The van der Waals surface area contributed by atoms with Crippen LogP contribution in [0.5, 0.6) is 0 Å². The lowest BCUT2D eigenvalue weighted by molar-refractivity contribution is -0.298. The maximum Gasteiger partial charge on any atom is 0.417 e. The lowest BCUT2D eigenvalue weighted by Crippen LogP contribution is -2.60. The summed E-state index contributed by atoms with van der Waals surface area (Å²) in [5, 5.41) is 16.5. The number of nitrogens with zero attached hydrogens (tertiary/aromatic N) is 4. The van der Waals surface area contributed by atoms with E-state index < -0.39 is 27.8 Å². The number of anilines is 1. The highest BCUT2D eigenvalue weighted by Crippen LogP contribution is 2.48. The number of alkyl halides is 3. The number of sulfonamides is 1. The fourth-order valence-electron chi connectivity index (χ4n) is 4.37. The Morgan fingerprint density at radius 1 is 1.30 bits per heavy atom. The number of rotatable bonds is 6. The summed E-state index contributed by atoms with van der Waals surface area (Å²) in [7, 11) is -2.82. The molecule has 2 aliphatic rings. The third kappa shape index (κ3) is 4.34. The molecule has 13 heteroatoms. The summed E-state index contributed by atoms with van der Waals surface area (Å²) >= 11 is 0. The largest absolute Gasteiger partial charge is 0.417 e. The van der Waals surface area contributed by atoms with E-state index in [-0.39, 0.29) is 30.9 Å². The molecule has 0 bridgehead atoms. The Bertz CT molecular complexity index is 1130. The van der Waals surface area contributed by atoms with Crippen LogP contribution in [0.3, 0.4) is 0 Å². The lowest BCUT2D eigenvalue weighted by Gasteiger charge is -2.47. The number of halogens is 3. The van der Waals surface area contributed by atoms with Gasteiger partial charge >= 0.3 is 6.18 Å². The van der Waals surface area contributed by atoms with Gasteiger partial charge in [-0.05, 0) is 31.0 Å². The molecule has 1 fully saturated rings. The van der Waals surface area contributed by atoms with Gasteiger partial charge < -0.3 is 15.2 Å². The van der Waals surface area contributed by atoms with Crippen molar-refractivity contribution in [3.05, 3.63) is 35.3 Å². The van der Waals surface area contributed by atoms with Crippen molar-refractivity contribution in [2.75, 3.05) is 19.0 Å². The molecule has 0 aromatic carbocycles. The summed E-state index contributed by atoms with van der Waals surface area (Å²) in [6, 6.07) is 2.73. The molecule has 182 valence electrons. The smallest absolute Gasteiger partial charge is 0.390 e. The van der Waals surface area contributed by atoms with E-state index in [2.05, 4.69) is 15.4 Å². The Hall–Kier alpha value is -2.22. The molecule has 0 atom stereocenters. The molecule has 0 unspecified atom stereocenters. The van der Waals surface area contributed by atoms with Gasteiger partial charge in [0.05, 0.1) is 24.5 Å². The Kier molecular flexibility index (Phi) is 6.18. The molecule has 1 saturated carbocycles. The van der Waals surface area contributed by atoms with E-state index in [4.69, 9.17) is 4.74 Å². The fraction of sp³-hybridized carbons (Fsp3) is 0.600. The minimum Gasteiger partial charge on any atom is -0.390 e. The van der Waals surface area contributed by atoms with Gasteiger partial charge in [0.2, 0.25) is 10.0 Å². The molecular formula is C20H26F3N5O4S. The van der Waals surface area contributed by atoms with Gasteiger partial charge in [-0.25, -0.2) is 13.4 Å². The quantitative estimate of drug-likeness (QED) is 0.640. The second-order valence-electron chi connectivity index (χ2n) is 8.48. The van der Waals surface area contributed by atoms with E-state index >= 15 is 0 Å². The minimum absolute atomic E-state index is 0.0403. The predicted octanol–water partition coefficient (Wildman–Crippen LogP) is 2.20. The fourth-order valence-corrected chi connectivity index (χ4v) is 5.97. The van der Waals surface area contributed by atoms with Crippen molar-refractivity contribution in [3.63, 3.8) is 0 Å². The number of aryl methyl sites for hydroxylation is 2. The summed E-state index contributed by atoms with van der Waals surface area (Å²) in [5.74, 6) is 0.310. The lowest BCUT2D eigenvalue weighted by atomic mass is 9.75. The van der Waals surface area contributed by atoms with Crippen LogP contribution in [0.15, 0.2) is 23.2 Å². The average molecular weight is 490 g/mol. The molecule has 1 aliphatic heterocycles. The molecule has 3 heterocycles. The number of aliphatic hydroxyl groups is 1. The Labute approximate surface area is 189 Å². The zero-order valence-corrected chi connectivity index (χ0v) is 19.1. The highest BCUT2D eigenvalue weighted by atomic mass is 32.2. The molecular weight excluding hydrogens is 463 g/mol. The third-order valence-corrected chi connectivity index (χ3v) is 8.26. The van der Waals surface area contributed by atoms with Crippen LogP contribution < -0.4 is 5.32 Å². The van der Waals surface area contributed by atoms with Crippen LogP contribution in [0, 0.1) is 6.92 Å². The standard InChI is InChI=1S/C20H26F3N5O4S/c1-13-6-18(25-15-8-19(9-15,32-2)20(21,22)23)24-10-17(13)33(30,31)27-4-3-5-28-16(11-27)7-14(12-29)26-28/h6-7,10,15,29H,3-5,8-9,11-12H2,1-2H3,(H,24,25). The average Bonchev–Trinajstić information content (AvgIpc) is 2.99. The van der Waals surface area contributed by atoms with Crippen molar-refractivity contribution in [2.45, 2.75) is 68.6 Å². The summed E-state index contributed by atoms with van der Waals surface area (Å²) < 4.78 is 74.0. The number of aromatic nitrogens is 3. The first-order valence-corrected chi connectivity index (χ1v) is 11.9. The topological polar surface area (TPSA) is 110 Å². The van der Waals surface area contributed by atoms with Crippen molar-refractivity contribution in [1.82, 2.24) is 19.1 Å². The SMILES string of the molecule is COC1(C(F)(F)F)CC(Nc2cc(C)c(S(=O)(=O)N3CCCn4nc(CO)cc4C3)cn2)C1. The molecule has 0 spiro atoms. The van der Waals surface area contributed by atoms with Crippen molar-refractivity contribution in [2.24, 2.45) is 0 Å². The highest BCUT2D eigenvalue weighted by molar-refractivity contribution is 7.89. The van der Waals surface area contributed by atoms with E-state index in [1.807, 2.05) is 0 Å². The van der Waals surface area contributed by atoms with Crippen molar-refractivity contribution < 1.29 is 31.4 Å². The first-order chi connectivity index (χ1) is 15.5. The van der Waals surface area contributed by atoms with Crippen molar-refractivity contribution >= 4 is 15.8 Å². The summed E-state index contributed by atoms with van der Waals surface area (Å²) in [5.41, 5.74) is -0.538. The van der Waals surface area contributed by atoms with Gasteiger partial charge in [-0.15, -0.1) is 0 Å². The van der Waals surface area contributed by atoms with Crippen molar-refractivity contribution in [3.8, 4) is 0 Å². The third-order valence-electron chi connectivity index (χ3n) is 6.28. The molecule has 1 aliphatic carbocycles. The van der Waals surface area contributed by atoms with Crippen molar-refractivity contribution in [1.29, 1.82) is 0 Å². The van der Waals surface area contributed by atoms with Gasteiger partial charge in [0.25, 0.3) is 0 Å². The zero-order valence-electron chi connectivity index (χ0n) is 18.3. The predicted molar refractivity (Wildman–Crippen MR) is 112 cm³/mol. The Morgan fingerprint density at radius 3 is 2.64 bits per heavy atom. The number of fused-ring (bicyclic) bond motifs is 1. The summed E-state index contributed by atoms with van der Waals surface area (Å²) in [4.78, 5) is 4.19. The van der Waals surface area contributed by atoms with Gasteiger partial charge in [-0.3, -0.25) is 4.68 Å². The molecule has 2 aromatic heterocycles. The second-order valence-corrected chi connectivity index (χ2v) is 10.4. The van der Waals surface area contributed by atoms with E-state index in [1.54, 1.807) is 17.7 Å².